The van der Waals surface area contributed by atoms with E-state index in [4.69, 9.17) is 4.98 Å². The predicted molar refractivity (Wildman–Crippen MR) is 87.5 cm³/mol. The van der Waals surface area contributed by atoms with E-state index in [-0.39, 0.29) is 0 Å². The first-order valence-electron chi connectivity index (χ1n) is 7.47. The predicted octanol–water partition coefficient (Wildman–Crippen LogP) is 3.67. The van der Waals surface area contributed by atoms with E-state index in [1.165, 1.54) is 34.6 Å². The molecule has 110 valence electrons. The van der Waals surface area contributed by atoms with Crippen LogP contribution in [-0.2, 0) is 12.2 Å². The Labute approximate surface area is 130 Å². The maximum absolute atomic E-state index is 4.78. The van der Waals surface area contributed by atoms with E-state index in [1.807, 2.05) is 13.2 Å². The third-order valence-corrected chi connectivity index (χ3v) is 4.93. The normalized spacial score (nSPS) is 17.5. The minimum absolute atomic E-state index is 0.423. The highest BCUT2D eigenvalue weighted by molar-refractivity contribution is 7.98. The quantitative estimate of drug-likeness (QED) is 0.874. The topological polar surface area (TPSA) is 37.8 Å². The zero-order valence-corrected chi connectivity index (χ0v) is 13.4. The highest BCUT2D eigenvalue weighted by Gasteiger charge is 2.20. The molecular weight excluding hydrogens is 278 g/mol. The molecule has 0 saturated carbocycles. The summed E-state index contributed by atoms with van der Waals surface area (Å²) in [7, 11) is 2.02. The molecule has 1 aliphatic rings. The Balaban J connectivity index is 1.72. The number of aromatic nitrogens is 2. The molecule has 4 heteroatoms. The van der Waals surface area contributed by atoms with Gasteiger partial charge in [0.2, 0.25) is 0 Å². The zero-order chi connectivity index (χ0) is 14.7. The van der Waals surface area contributed by atoms with Gasteiger partial charge in [-0.1, -0.05) is 17.7 Å². The molecule has 0 spiro atoms. The molecule has 0 bridgehead atoms. The summed E-state index contributed by atoms with van der Waals surface area (Å²) in [6.45, 7) is 2.12. The summed E-state index contributed by atoms with van der Waals surface area (Å²) in [5.41, 5.74) is 3.81. The number of thioether (sulfide) groups is 1. The Morgan fingerprint density at radius 2 is 2.29 bits per heavy atom. The van der Waals surface area contributed by atoms with Crippen LogP contribution >= 0.6 is 11.8 Å². The lowest BCUT2D eigenvalue weighted by Gasteiger charge is -2.24. The maximum atomic E-state index is 4.78. The van der Waals surface area contributed by atoms with Gasteiger partial charge in [-0.3, -0.25) is 0 Å². The molecule has 0 amide bonds. The van der Waals surface area contributed by atoms with Gasteiger partial charge in [0.15, 0.2) is 0 Å². The fourth-order valence-electron chi connectivity index (χ4n) is 2.81. The van der Waals surface area contributed by atoms with Crippen LogP contribution in [0.2, 0.25) is 0 Å². The second-order valence-corrected chi connectivity index (χ2v) is 6.58. The summed E-state index contributed by atoms with van der Waals surface area (Å²) in [5, 5.41) is 3.36. The van der Waals surface area contributed by atoms with Gasteiger partial charge in [-0.15, -0.1) is 11.8 Å². The molecule has 1 atom stereocenters. The van der Waals surface area contributed by atoms with E-state index >= 15 is 0 Å². The summed E-state index contributed by atoms with van der Waals surface area (Å²) >= 11 is 1.80. The fraction of sp³-hybridized carbons (Fsp3) is 0.412. The van der Waals surface area contributed by atoms with Gasteiger partial charge in [0.05, 0.1) is 5.75 Å². The highest BCUT2D eigenvalue weighted by Crippen LogP contribution is 2.28. The third-order valence-electron chi connectivity index (χ3n) is 3.94. The molecule has 1 aromatic carbocycles. The number of aryl methyl sites for hydroxylation is 2. The smallest absolute Gasteiger partial charge is 0.138 e. The number of benzene rings is 1. The van der Waals surface area contributed by atoms with Crippen LogP contribution in [0.3, 0.4) is 0 Å². The summed E-state index contributed by atoms with van der Waals surface area (Å²) in [6.07, 6.45) is 5.50. The maximum Gasteiger partial charge on any atom is 0.138 e. The van der Waals surface area contributed by atoms with Gasteiger partial charge in [-0.2, -0.15) is 0 Å². The molecule has 0 aliphatic heterocycles. The van der Waals surface area contributed by atoms with Crippen molar-refractivity contribution in [1.82, 2.24) is 15.3 Å². The van der Waals surface area contributed by atoms with Gasteiger partial charge in [-0.05, 0) is 45.4 Å². The van der Waals surface area contributed by atoms with Crippen molar-refractivity contribution in [3.8, 4) is 0 Å². The van der Waals surface area contributed by atoms with E-state index < -0.39 is 0 Å². The van der Waals surface area contributed by atoms with Crippen molar-refractivity contribution in [2.45, 2.75) is 42.9 Å². The number of nitrogens with one attached hydrogen (secondary N) is 1. The first-order valence-corrected chi connectivity index (χ1v) is 8.46. The van der Waals surface area contributed by atoms with Gasteiger partial charge in [0.1, 0.15) is 5.82 Å². The molecule has 21 heavy (non-hydrogen) atoms. The Hall–Kier alpha value is -1.39. The van der Waals surface area contributed by atoms with Crippen LogP contribution in [0, 0.1) is 6.92 Å². The second kappa shape index (κ2) is 6.58. The van der Waals surface area contributed by atoms with E-state index in [1.54, 1.807) is 11.8 Å². The first-order chi connectivity index (χ1) is 10.3. The van der Waals surface area contributed by atoms with Crippen molar-refractivity contribution in [1.29, 1.82) is 0 Å². The molecule has 1 unspecified atom stereocenters. The summed E-state index contributed by atoms with van der Waals surface area (Å²) in [4.78, 5) is 10.6. The van der Waals surface area contributed by atoms with Gasteiger partial charge in [-0.25, -0.2) is 9.97 Å². The number of nitrogens with zero attached hydrogens (tertiary/aromatic N) is 2. The molecule has 2 aromatic rings. The van der Waals surface area contributed by atoms with Crippen molar-refractivity contribution >= 4 is 11.8 Å². The molecule has 0 saturated heterocycles. The van der Waals surface area contributed by atoms with E-state index in [0.717, 1.165) is 18.0 Å². The van der Waals surface area contributed by atoms with Crippen LogP contribution < -0.4 is 5.32 Å². The van der Waals surface area contributed by atoms with Crippen LogP contribution in [0.1, 0.15) is 41.5 Å². The molecule has 3 rings (SSSR count). The molecule has 0 radical (unpaired) electrons. The van der Waals surface area contributed by atoms with Crippen LogP contribution in [0.15, 0.2) is 35.4 Å². The van der Waals surface area contributed by atoms with Gasteiger partial charge >= 0.3 is 0 Å². The van der Waals surface area contributed by atoms with E-state index in [0.29, 0.717) is 6.04 Å². The number of hydrogen-bond donors (Lipinski definition) is 1. The lowest BCUT2D eigenvalue weighted by atomic mass is 9.92. The summed E-state index contributed by atoms with van der Waals surface area (Å²) in [6, 6.07) is 9.00. The first kappa shape index (κ1) is 14.5. The SMILES string of the molecule is CNC1CCCc2nc(CSc3cccc(C)c3)ncc21. The highest BCUT2D eigenvalue weighted by atomic mass is 32.2. The van der Waals surface area contributed by atoms with E-state index in [9.17, 15) is 0 Å². The Morgan fingerprint density at radius 3 is 3.10 bits per heavy atom. The summed E-state index contributed by atoms with van der Waals surface area (Å²) in [5.74, 6) is 1.78. The minimum Gasteiger partial charge on any atom is -0.313 e. The second-order valence-electron chi connectivity index (χ2n) is 5.53. The van der Waals surface area contributed by atoms with Gasteiger partial charge in [0.25, 0.3) is 0 Å². The monoisotopic (exact) mass is 299 g/mol. The van der Waals surface area contributed by atoms with Crippen LogP contribution in [0.25, 0.3) is 0 Å². The van der Waals surface area contributed by atoms with Crippen LogP contribution in [0.4, 0.5) is 0 Å². The van der Waals surface area contributed by atoms with Crippen molar-refractivity contribution in [3.05, 3.63) is 53.1 Å². The van der Waals surface area contributed by atoms with Crippen molar-refractivity contribution in [2.75, 3.05) is 7.05 Å². The molecule has 0 fully saturated rings. The lowest BCUT2D eigenvalue weighted by molar-refractivity contribution is 0.486. The number of rotatable bonds is 4. The van der Waals surface area contributed by atoms with Crippen LogP contribution in [0.5, 0.6) is 0 Å². The Kier molecular flexibility index (Phi) is 4.56. The van der Waals surface area contributed by atoms with Crippen molar-refractivity contribution in [3.63, 3.8) is 0 Å². The number of fused-ring (bicyclic) bond motifs is 1. The third kappa shape index (κ3) is 3.44. The molecule has 3 nitrogen and oxygen atoms in total. The standard InChI is InChI=1S/C17H21N3S/c1-12-5-3-6-13(9-12)21-11-17-19-10-14-15(18-2)7-4-8-16(14)20-17/h3,5-6,9-10,15,18H,4,7-8,11H2,1-2H3. The van der Waals surface area contributed by atoms with E-state index in [2.05, 4.69) is 41.5 Å². The molecule has 1 N–H and O–H groups in total. The summed E-state index contributed by atoms with van der Waals surface area (Å²) < 4.78 is 0. The Morgan fingerprint density at radius 1 is 1.38 bits per heavy atom. The molecular formula is C17H21N3S. The average molecular weight is 299 g/mol. The minimum atomic E-state index is 0.423. The average Bonchev–Trinajstić information content (AvgIpc) is 2.52. The lowest BCUT2D eigenvalue weighted by Crippen LogP contribution is -2.23. The Bertz CT molecular complexity index is 627. The van der Waals surface area contributed by atoms with Crippen molar-refractivity contribution in [2.24, 2.45) is 0 Å². The molecule has 1 aliphatic carbocycles. The fourth-order valence-corrected chi connectivity index (χ4v) is 3.69. The largest absolute Gasteiger partial charge is 0.313 e. The zero-order valence-electron chi connectivity index (χ0n) is 12.6. The van der Waals surface area contributed by atoms with Gasteiger partial charge in [0, 0.05) is 28.4 Å². The van der Waals surface area contributed by atoms with Crippen LogP contribution in [-0.4, -0.2) is 17.0 Å². The van der Waals surface area contributed by atoms with Crippen molar-refractivity contribution < 1.29 is 0 Å². The molecule has 1 aromatic heterocycles. The molecule has 1 heterocycles. The van der Waals surface area contributed by atoms with Gasteiger partial charge < -0.3 is 5.32 Å². The number of hydrogen-bond acceptors (Lipinski definition) is 4.